The molecule has 0 amide bonds. The lowest BCUT2D eigenvalue weighted by atomic mass is 10.1. The van der Waals surface area contributed by atoms with Crippen LogP contribution in [0.15, 0.2) is 23.3 Å². The number of rotatable bonds is 25. The number of imidazole rings is 1. The van der Waals surface area contributed by atoms with Gasteiger partial charge in [-0.15, -0.1) is 0 Å². The number of nitrogens with two attached hydrogens (primary N) is 1. The first-order chi connectivity index (χ1) is 21.3. The number of hydrogen-bond donors (Lipinski definition) is 4. The number of ether oxygens (including phenoxy) is 2. The van der Waals surface area contributed by atoms with Crippen LogP contribution in [0.4, 0.5) is 5.95 Å². The fourth-order valence-corrected chi connectivity index (χ4v) is 4.73. The predicted octanol–water partition coefficient (Wildman–Crippen LogP) is 6.17. The summed E-state index contributed by atoms with van der Waals surface area (Å²) in [5, 5.41) is 3.09. The molecule has 0 aliphatic rings. The average Bonchev–Trinajstić information content (AvgIpc) is 3.49. The second-order valence-electron chi connectivity index (χ2n) is 12.0. The molecule has 0 radical (unpaired) electrons. The fraction of sp³-hybridized carbons (Fsp3) is 0.727. The van der Waals surface area contributed by atoms with Crippen molar-refractivity contribution in [3.63, 3.8) is 0 Å². The number of H-pyrrole nitrogens is 2. The molecule has 1 unspecified atom stereocenters. The molecule has 44 heavy (non-hydrogen) atoms. The number of fused-ring (bicyclic) bond motifs is 1. The molecule has 5 N–H and O–H groups in total. The minimum absolute atomic E-state index is 0.0303. The van der Waals surface area contributed by atoms with Crippen molar-refractivity contribution in [1.29, 1.82) is 0 Å². The summed E-state index contributed by atoms with van der Waals surface area (Å²) in [4.78, 5) is 50.6. The highest BCUT2D eigenvalue weighted by atomic mass is 16.5. The molecule has 0 saturated heterocycles. The molecule has 0 bridgehead atoms. The summed E-state index contributed by atoms with van der Waals surface area (Å²) in [6, 6.07) is -0.689. The van der Waals surface area contributed by atoms with Gasteiger partial charge in [0.15, 0.2) is 11.2 Å². The number of carbonyl (C=O) groups is 2. The lowest BCUT2D eigenvalue weighted by molar-refractivity contribution is -0.149. The molecule has 0 aliphatic carbocycles. The maximum atomic E-state index is 12.4. The molecular weight excluding hydrogens is 560 g/mol. The van der Waals surface area contributed by atoms with Crippen molar-refractivity contribution in [2.24, 2.45) is 17.6 Å². The first-order valence-electron chi connectivity index (χ1n) is 16.7. The lowest BCUT2D eigenvalue weighted by Crippen LogP contribution is -2.37. The van der Waals surface area contributed by atoms with Crippen molar-refractivity contribution in [3.05, 3.63) is 28.8 Å². The van der Waals surface area contributed by atoms with Gasteiger partial charge in [-0.1, -0.05) is 84.3 Å². The van der Waals surface area contributed by atoms with Gasteiger partial charge in [-0.3, -0.25) is 19.4 Å². The number of nitrogens with zero attached hydrogens (tertiary/aromatic N) is 2. The molecule has 0 spiro atoms. The Hall–Kier alpha value is -3.21. The van der Waals surface area contributed by atoms with Gasteiger partial charge in [-0.05, 0) is 44.4 Å². The van der Waals surface area contributed by atoms with E-state index >= 15 is 0 Å². The summed E-state index contributed by atoms with van der Waals surface area (Å²) in [6.07, 6.45) is 22.5. The predicted molar refractivity (Wildman–Crippen MR) is 175 cm³/mol. The van der Waals surface area contributed by atoms with Gasteiger partial charge in [0.2, 0.25) is 5.95 Å². The zero-order valence-corrected chi connectivity index (χ0v) is 27.2. The van der Waals surface area contributed by atoms with Crippen LogP contribution >= 0.6 is 0 Å². The minimum Gasteiger partial charge on any atom is -0.465 e. The van der Waals surface area contributed by atoms with E-state index in [1.807, 2.05) is 13.8 Å². The molecule has 11 nitrogen and oxygen atoms in total. The Balaban J connectivity index is 1.65. The first kappa shape index (κ1) is 37.0. The molecule has 0 aromatic carbocycles. The minimum atomic E-state index is -0.689. The van der Waals surface area contributed by atoms with E-state index in [0.717, 1.165) is 25.7 Å². The SMILES string of the molecule is CCCCCCCCC=CCCCCCCCC(=O)OCC(CCOC(=O)[C@@H](N)C(C)C)CNc1nc2nc[nH]c2c(=O)[nH]1. The second kappa shape index (κ2) is 22.3. The van der Waals surface area contributed by atoms with Gasteiger partial charge >= 0.3 is 11.9 Å². The van der Waals surface area contributed by atoms with Crippen molar-refractivity contribution in [1.82, 2.24) is 19.9 Å². The van der Waals surface area contributed by atoms with Crippen molar-refractivity contribution >= 4 is 29.1 Å². The summed E-state index contributed by atoms with van der Waals surface area (Å²) in [5.41, 5.74) is 6.14. The summed E-state index contributed by atoms with van der Waals surface area (Å²) >= 11 is 0. The Morgan fingerprint density at radius 2 is 1.64 bits per heavy atom. The van der Waals surface area contributed by atoms with Crippen LogP contribution in [-0.2, 0) is 19.1 Å². The van der Waals surface area contributed by atoms with Gasteiger partial charge in [0.05, 0.1) is 19.5 Å². The molecule has 2 aromatic heterocycles. The van der Waals surface area contributed by atoms with Crippen molar-refractivity contribution in [2.45, 2.75) is 123 Å². The van der Waals surface area contributed by atoms with Gasteiger partial charge in [0, 0.05) is 18.9 Å². The molecule has 248 valence electrons. The van der Waals surface area contributed by atoms with Crippen LogP contribution in [0.3, 0.4) is 0 Å². The Kier molecular flexibility index (Phi) is 18.8. The van der Waals surface area contributed by atoms with Crippen molar-refractivity contribution in [3.8, 4) is 0 Å². The third kappa shape index (κ3) is 15.5. The van der Waals surface area contributed by atoms with E-state index in [-0.39, 0.29) is 42.5 Å². The molecule has 2 heterocycles. The van der Waals surface area contributed by atoms with Gasteiger partial charge in [-0.2, -0.15) is 4.98 Å². The summed E-state index contributed by atoms with van der Waals surface area (Å²) < 4.78 is 10.9. The van der Waals surface area contributed by atoms with E-state index in [2.05, 4.69) is 44.3 Å². The number of unbranched alkanes of at least 4 members (excludes halogenated alkanes) is 11. The first-order valence-corrected chi connectivity index (χ1v) is 16.7. The number of anilines is 1. The van der Waals surface area contributed by atoms with Gasteiger partial charge in [0.1, 0.15) is 6.04 Å². The number of carbonyl (C=O) groups excluding carboxylic acids is 2. The molecule has 0 saturated carbocycles. The maximum Gasteiger partial charge on any atom is 0.323 e. The van der Waals surface area contributed by atoms with E-state index in [1.54, 1.807) is 0 Å². The lowest BCUT2D eigenvalue weighted by Gasteiger charge is -2.19. The largest absolute Gasteiger partial charge is 0.465 e. The normalized spacial score (nSPS) is 13.0. The van der Waals surface area contributed by atoms with Crippen LogP contribution in [0, 0.1) is 11.8 Å². The Morgan fingerprint density at radius 1 is 0.977 bits per heavy atom. The van der Waals surface area contributed by atoms with E-state index in [1.165, 1.54) is 64.1 Å². The summed E-state index contributed by atoms with van der Waals surface area (Å²) in [5.74, 6) is -0.648. The van der Waals surface area contributed by atoms with Crippen LogP contribution in [-0.4, -0.2) is 57.7 Å². The topological polar surface area (TPSA) is 165 Å². The molecule has 2 rings (SSSR count). The molecule has 2 atom stereocenters. The van der Waals surface area contributed by atoms with E-state index in [4.69, 9.17) is 15.2 Å². The van der Waals surface area contributed by atoms with Crippen LogP contribution in [0.5, 0.6) is 0 Å². The molecule has 0 fully saturated rings. The van der Waals surface area contributed by atoms with Crippen LogP contribution in [0.2, 0.25) is 0 Å². The Bertz CT molecular complexity index is 1160. The van der Waals surface area contributed by atoms with E-state index in [0.29, 0.717) is 30.6 Å². The zero-order chi connectivity index (χ0) is 32.0. The van der Waals surface area contributed by atoms with Gasteiger partial charge in [0.25, 0.3) is 5.56 Å². The number of hydrogen-bond acceptors (Lipinski definition) is 9. The van der Waals surface area contributed by atoms with Crippen LogP contribution in [0.25, 0.3) is 11.2 Å². The van der Waals surface area contributed by atoms with E-state index < -0.39 is 12.0 Å². The molecule has 0 aliphatic heterocycles. The van der Waals surface area contributed by atoms with Gasteiger partial charge in [-0.25, -0.2) is 4.98 Å². The molecular formula is C33H56N6O5. The highest BCUT2D eigenvalue weighted by Gasteiger charge is 2.20. The standard InChI is InChI=1S/C33H56N6O5/c1-4-5-6-7-8-9-10-11-12-13-14-15-16-17-18-19-27(40)44-23-26(20-21-43-32(42)28(34)25(2)3)22-35-33-38-30-29(31(41)39-33)36-24-37-30/h11-12,24-26,28H,4-10,13-23,34H2,1-3H3,(H3,35,36,37,38,39,41)/t26?,28-/m0/s1. The van der Waals surface area contributed by atoms with Crippen LogP contribution < -0.4 is 16.6 Å². The number of esters is 2. The third-order valence-corrected chi connectivity index (χ3v) is 7.74. The number of nitrogens with one attached hydrogen (secondary N) is 3. The second-order valence-corrected chi connectivity index (χ2v) is 12.0. The number of allylic oxidation sites excluding steroid dienone is 2. The van der Waals surface area contributed by atoms with E-state index in [9.17, 15) is 14.4 Å². The molecule has 2 aromatic rings. The highest BCUT2D eigenvalue weighted by molar-refractivity contribution is 5.75. The monoisotopic (exact) mass is 616 g/mol. The highest BCUT2D eigenvalue weighted by Crippen LogP contribution is 2.13. The van der Waals surface area contributed by atoms with Gasteiger partial charge < -0.3 is 25.5 Å². The Morgan fingerprint density at radius 3 is 2.32 bits per heavy atom. The fourth-order valence-electron chi connectivity index (χ4n) is 4.73. The third-order valence-electron chi connectivity index (χ3n) is 7.74. The Labute approximate surface area is 262 Å². The summed E-state index contributed by atoms with van der Waals surface area (Å²) in [7, 11) is 0. The number of aromatic amines is 2. The smallest absolute Gasteiger partial charge is 0.323 e. The van der Waals surface area contributed by atoms with Crippen molar-refractivity contribution in [2.75, 3.05) is 25.1 Å². The average molecular weight is 617 g/mol. The summed E-state index contributed by atoms with van der Waals surface area (Å²) in [6.45, 7) is 6.60. The maximum absolute atomic E-state index is 12.4. The van der Waals surface area contributed by atoms with Crippen molar-refractivity contribution < 1.29 is 19.1 Å². The van der Waals surface area contributed by atoms with Crippen LogP contribution in [0.1, 0.15) is 117 Å². The molecule has 11 heteroatoms. The zero-order valence-electron chi connectivity index (χ0n) is 27.2. The number of aromatic nitrogens is 4. The quantitative estimate of drug-likeness (QED) is 0.0580.